The van der Waals surface area contributed by atoms with E-state index in [9.17, 15) is 14.4 Å². The number of rotatable bonds is 4. The Bertz CT molecular complexity index is 798. The standard InChI is InChI=1S/C18H19N3O3/c19-17(23)16(11-4-3-5-12(22)10-11)21-18(24)14-8-9-20-15-7-2-1-6-13(14)15/h1-2,6-9,11,16H,3-5,10H2,(H2,19,23)(H,21,24)/t11-,16-/m1/s1. The number of carbonyl (C=O) groups excluding carboxylic acids is 3. The first-order valence-corrected chi connectivity index (χ1v) is 8.02. The van der Waals surface area contributed by atoms with E-state index < -0.39 is 11.9 Å². The van der Waals surface area contributed by atoms with Crippen LogP contribution in [0.5, 0.6) is 0 Å². The third-order valence-corrected chi connectivity index (χ3v) is 4.48. The van der Waals surface area contributed by atoms with Gasteiger partial charge in [0, 0.05) is 24.4 Å². The van der Waals surface area contributed by atoms with Gasteiger partial charge in [-0.05, 0) is 30.9 Å². The number of nitrogens with two attached hydrogens (primary N) is 1. The molecule has 0 spiro atoms. The van der Waals surface area contributed by atoms with E-state index in [0.717, 1.165) is 6.42 Å². The summed E-state index contributed by atoms with van der Waals surface area (Å²) in [5.41, 5.74) is 6.62. The molecule has 1 aliphatic carbocycles. The van der Waals surface area contributed by atoms with Crippen molar-refractivity contribution >= 4 is 28.5 Å². The number of fused-ring (bicyclic) bond motifs is 1. The summed E-state index contributed by atoms with van der Waals surface area (Å²) in [5.74, 6) is -1.11. The lowest BCUT2D eigenvalue weighted by molar-refractivity contribution is -0.124. The molecule has 1 aliphatic rings. The summed E-state index contributed by atoms with van der Waals surface area (Å²) in [5, 5.41) is 3.43. The summed E-state index contributed by atoms with van der Waals surface area (Å²) in [6.45, 7) is 0. The molecule has 1 fully saturated rings. The zero-order valence-corrected chi connectivity index (χ0v) is 13.2. The van der Waals surface area contributed by atoms with Crippen LogP contribution in [-0.4, -0.2) is 28.6 Å². The molecule has 1 saturated carbocycles. The van der Waals surface area contributed by atoms with Gasteiger partial charge in [0.1, 0.15) is 11.8 Å². The van der Waals surface area contributed by atoms with Crippen LogP contribution in [0.4, 0.5) is 0 Å². The van der Waals surface area contributed by atoms with Gasteiger partial charge in [0.05, 0.1) is 11.1 Å². The van der Waals surface area contributed by atoms with E-state index in [-0.39, 0.29) is 24.0 Å². The molecule has 2 atom stereocenters. The number of pyridine rings is 1. The lowest BCUT2D eigenvalue weighted by Gasteiger charge is -2.28. The van der Waals surface area contributed by atoms with Crippen LogP contribution in [0, 0.1) is 5.92 Å². The number of aromatic nitrogens is 1. The Balaban J connectivity index is 1.85. The fraction of sp³-hybridized carbons (Fsp3) is 0.333. The van der Waals surface area contributed by atoms with Crippen molar-refractivity contribution in [1.82, 2.24) is 10.3 Å². The van der Waals surface area contributed by atoms with Crippen molar-refractivity contribution in [3.8, 4) is 0 Å². The number of primary amides is 1. The van der Waals surface area contributed by atoms with Gasteiger partial charge in [-0.25, -0.2) is 0 Å². The summed E-state index contributed by atoms with van der Waals surface area (Å²) in [6, 6.07) is 8.07. The second kappa shape index (κ2) is 6.78. The van der Waals surface area contributed by atoms with Crippen molar-refractivity contribution in [2.75, 3.05) is 0 Å². The van der Waals surface area contributed by atoms with Gasteiger partial charge in [-0.1, -0.05) is 18.2 Å². The summed E-state index contributed by atoms with van der Waals surface area (Å²) < 4.78 is 0. The smallest absolute Gasteiger partial charge is 0.252 e. The van der Waals surface area contributed by atoms with Crippen LogP contribution in [0.2, 0.25) is 0 Å². The molecule has 2 aromatic rings. The molecular weight excluding hydrogens is 306 g/mol. The number of hydrogen-bond acceptors (Lipinski definition) is 4. The number of benzene rings is 1. The molecule has 24 heavy (non-hydrogen) atoms. The number of nitrogens with zero attached hydrogens (tertiary/aromatic N) is 1. The molecule has 2 amide bonds. The predicted molar refractivity (Wildman–Crippen MR) is 89.2 cm³/mol. The maximum absolute atomic E-state index is 12.7. The van der Waals surface area contributed by atoms with E-state index in [1.54, 1.807) is 18.3 Å². The van der Waals surface area contributed by atoms with Crippen LogP contribution in [0.3, 0.4) is 0 Å². The van der Waals surface area contributed by atoms with Crippen LogP contribution in [-0.2, 0) is 9.59 Å². The molecule has 1 aromatic heterocycles. The van der Waals surface area contributed by atoms with E-state index in [2.05, 4.69) is 10.3 Å². The first-order valence-electron chi connectivity index (χ1n) is 8.02. The van der Waals surface area contributed by atoms with Gasteiger partial charge < -0.3 is 11.1 Å². The van der Waals surface area contributed by atoms with Gasteiger partial charge in [-0.15, -0.1) is 0 Å². The average molecular weight is 325 g/mol. The van der Waals surface area contributed by atoms with Gasteiger partial charge in [-0.2, -0.15) is 0 Å². The molecule has 0 unspecified atom stereocenters. The molecular formula is C18H19N3O3. The van der Waals surface area contributed by atoms with Crippen LogP contribution >= 0.6 is 0 Å². The summed E-state index contributed by atoms with van der Waals surface area (Å²) in [7, 11) is 0. The van der Waals surface area contributed by atoms with E-state index >= 15 is 0 Å². The van der Waals surface area contributed by atoms with E-state index in [0.29, 0.717) is 29.3 Å². The maximum Gasteiger partial charge on any atom is 0.252 e. The monoisotopic (exact) mass is 325 g/mol. The topological polar surface area (TPSA) is 102 Å². The first kappa shape index (κ1) is 16.1. The van der Waals surface area contributed by atoms with Crippen molar-refractivity contribution in [3.63, 3.8) is 0 Å². The van der Waals surface area contributed by atoms with E-state index in [1.165, 1.54) is 0 Å². The minimum atomic E-state index is -0.839. The second-order valence-electron chi connectivity index (χ2n) is 6.12. The number of carbonyl (C=O) groups is 3. The molecule has 3 N–H and O–H groups in total. The number of Topliss-reactive ketones (excluding diaryl/α,β-unsaturated/α-hetero) is 1. The number of para-hydroxylation sites is 1. The highest BCUT2D eigenvalue weighted by Crippen LogP contribution is 2.25. The molecule has 0 aliphatic heterocycles. The number of amides is 2. The Labute approximate surface area is 139 Å². The molecule has 0 bridgehead atoms. The Morgan fingerprint density at radius 1 is 1.25 bits per heavy atom. The van der Waals surface area contributed by atoms with Crippen LogP contribution in [0.25, 0.3) is 10.9 Å². The third-order valence-electron chi connectivity index (χ3n) is 4.48. The van der Waals surface area contributed by atoms with E-state index in [1.807, 2.05) is 18.2 Å². The minimum Gasteiger partial charge on any atom is -0.368 e. The lowest BCUT2D eigenvalue weighted by atomic mass is 9.82. The van der Waals surface area contributed by atoms with Crippen LogP contribution in [0.1, 0.15) is 36.0 Å². The zero-order chi connectivity index (χ0) is 17.1. The van der Waals surface area contributed by atoms with Gasteiger partial charge >= 0.3 is 0 Å². The van der Waals surface area contributed by atoms with Crippen molar-refractivity contribution in [1.29, 1.82) is 0 Å². The van der Waals surface area contributed by atoms with Gasteiger partial charge in [0.2, 0.25) is 5.91 Å². The average Bonchev–Trinajstić information content (AvgIpc) is 2.58. The fourth-order valence-corrected chi connectivity index (χ4v) is 3.28. The fourth-order valence-electron chi connectivity index (χ4n) is 3.28. The highest BCUT2D eigenvalue weighted by molar-refractivity contribution is 6.07. The zero-order valence-electron chi connectivity index (χ0n) is 13.2. The quantitative estimate of drug-likeness (QED) is 0.891. The normalized spacial score (nSPS) is 19.0. The SMILES string of the molecule is NC(=O)[C@H](NC(=O)c1ccnc2ccccc12)[C@@H]1CCCC(=O)C1. The number of nitrogens with one attached hydrogen (secondary N) is 1. The van der Waals surface area contributed by atoms with Gasteiger partial charge in [0.25, 0.3) is 5.91 Å². The van der Waals surface area contributed by atoms with Crippen molar-refractivity contribution < 1.29 is 14.4 Å². The van der Waals surface area contributed by atoms with Crippen molar-refractivity contribution in [2.24, 2.45) is 11.7 Å². The Kier molecular flexibility index (Phi) is 4.55. The highest BCUT2D eigenvalue weighted by Gasteiger charge is 2.32. The van der Waals surface area contributed by atoms with Crippen LogP contribution in [0.15, 0.2) is 36.5 Å². The molecule has 6 heteroatoms. The maximum atomic E-state index is 12.7. The van der Waals surface area contributed by atoms with Crippen molar-refractivity contribution in [3.05, 3.63) is 42.1 Å². The Morgan fingerprint density at radius 2 is 2.04 bits per heavy atom. The van der Waals surface area contributed by atoms with Gasteiger partial charge in [0.15, 0.2) is 0 Å². The summed E-state index contributed by atoms with van der Waals surface area (Å²) in [4.78, 5) is 40.4. The van der Waals surface area contributed by atoms with Crippen LogP contribution < -0.4 is 11.1 Å². The summed E-state index contributed by atoms with van der Waals surface area (Å²) in [6.07, 6.45) is 3.80. The minimum absolute atomic E-state index is 0.112. The van der Waals surface area contributed by atoms with Gasteiger partial charge in [-0.3, -0.25) is 19.4 Å². The molecule has 6 nitrogen and oxygen atoms in total. The van der Waals surface area contributed by atoms with Crippen molar-refractivity contribution in [2.45, 2.75) is 31.7 Å². The number of hydrogen-bond donors (Lipinski definition) is 2. The third kappa shape index (κ3) is 3.27. The molecule has 0 saturated heterocycles. The largest absolute Gasteiger partial charge is 0.368 e. The van der Waals surface area contributed by atoms with E-state index in [4.69, 9.17) is 5.73 Å². The molecule has 124 valence electrons. The molecule has 3 rings (SSSR count). The Hall–Kier alpha value is -2.76. The molecule has 1 aromatic carbocycles. The second-order valence-corrected chi connectivity index (χ2v) is 6.12. The predicted octanol–water partition coefficient (Wildman–Crippen LogP) is 1.58. The first-order chi connectivity index (χ1) is 11.6. The lowest BCUT2D eigenvalue weighted by Crippen LogP contribution is -2.50. The Morgan fingerprint density at radius 3 is 2.79 bits per heavy atom. The molecule has 1 heterocycles. The number of ketones is 1. The highest BCUT2D eigenvalue weighted by atomic mass is 16.2. The summed E-state index contributed by atoms with van der Waals surface area (Å²) >= 11 is 0. The molecule has 0 radical (unpaired) electrons.